The van der Waals surface area contributed by atoms with E-state index in [1.165, 1.54) is 35.1 Å². The average Bonchev–Trinajstić information content (AvgIpc) is 3.41. The van der Waals surface area contributed by atoms with Gasteiger partial charge >= 0.3 is 0 Å². The van der Waals surface area contributed by atoms with Crippen LogP contribution >= 0.6 is 11.6 Å². The van der Waals surface area contributed by atoms with E-state index < -0.39 is 5.91 Å². The number of amides is 1. The minimum Gasteiger partial charge on any atom is -0.486 e. The summed E-state index contributed by atoms with van der Waals surface area (Å²) >= 11 is 5.92. The zero-order chi connectivity index (χ0) is 21.6. The van der Waals surface area contributed by atoms with Crippen LogP contribution in [0, 0.1) is 5.82 Å². The van der Waals surface area contributed by atoms with Gasteiger partial charge in [-0.1, -0.05) is 17.7 Å². The Hall–Kier alpha value is -3.78. The summed E-state index contributed by atoms with van der Waals surface area (Å²) in [6.07, 6.45) is 3.13. The highest BCUT2D eigenvalue weighted by Gasteiger charge is 2.13. The number of benzene rings is 2. The van der Waals surface area contributed by atoms with Gasteiger partial charge < -0.3 is 19.2 Å². The van der Waals surface area contributed by atoms with E-state index in [1.807, 2.05) is 0 Å². The van der Waals surface area contributed by atoms with Gasteiger partial charge in [0.1, 0.15) is 29.7 Å². The van der Waals surface area contributed by atoms with Crippen molar-refractivity contribution < 1.29 is 23.1 Å². The van der Waals surface area contributed by atoms with Crippen molar-refractivity contribution in [2.75, 3.05) is 5.32 Å². The molecule has 2 heterocycles. The number of carbonyl (C=O) groups excluding carboxylic acids is 1. The predicted octanol–water partition coefficient (Wildman–Crippen LogP) is 5.14. The number of halogens is 2. The molecule has 0 radical (unpaired) electrons. The van der Waals surface area contributed by atoms with Crippen molar-refractivity contribution in [2.24, 2.45) is 0 Å². The van der Waals surface area contributed by atoms with Crippen molar-refractivity contribution in [1.82, 2.24) is 9.78 Å². The summed E-state index contributed by atoms with van der Waals surface area (Å²) in [5.74, 6) is 0.920. The van der Waals surface area contributed by atoms with Crippen molar-refractivity contribution in [3.8, 4) is 11.5 Å². The van der Waals surface area contributed by atoms with E-state index in [1.54, 1.807) is 42.6 Å². The van der Waals surface area contributed by atoms with Crippen molar-refractivity contribution in [2.45, 2.75) is 13.3 Å². The van der Waals surface area contributed by atoms with E-state index in [-0.39, 0.29) is 24.9 Å². The number of aromatic nitrogens is 2. The van der Waals surface area contributed by atoms with Crippen LogP contribution in [0.4, 0.5) is 10.1 Å². The third-order valence-electron chi connectivity index (χ3n) is 4.13. The van der Waals surface area contributed by atoms with Gasteiger partial charge in [-0.3, -0.25) is 4.79 Å². The summed E-state index contributed by atoms with van der Waals surface area (Å²) in [7, 11) is 0. The first-order chi connectivity index (χ1) is 15.0. The molecule has 0 atom stereocenters. The molecule has 0 bridgehead atoms. The molecule has 31 heavy (non-hydrogen) atoms. The molecule has 0 fully saturated rings. The summed E-state index contributed by atoms with van der Waals surface area (Å²) in [5, 5.41) is 7.42. The summed E-state index contributed by atoms with van der Waals surface area (Å²) in [5.41, 5.74) is 0.486. The molecule has 0 aliphatic rings. The molecular weight excluding hydrogens is 425 g/mol. The van der Waals surface area contributed by atoms with Gasteiger partial charge in [-0.2, -0.15) is 5.10 Å². The summed E-state index contributed by atoms with van der Waals surface area (Å²) in [6.45, 7) is 0.263. The number of hydrogen-bond acceptors (Lipinski definition) is 5. The zero-order valence-electron chi connectivity index (χ0n) is 16.1. The van der Waals surface area contributed by atoms with Crippen LogP contribution in [-0.2, 0) is 13.3 Å². The minimum atomic E-state index is -0.427. The summed E-state index contributed by atoms with van der Waals surface area (Å²) in [4.78, 5) is 12.4. The van der Waals surface area contributed by atoms with Crippen LogP contribution < -0.4 is 14.8 Å². The highest BCUT2D eigenvalue weighted by molar-refractivity contribution is 6.30. The predicted molar refractivity (Wildman–Crippen MR) is 112 cm³/mol. The molecule has 0 saturated carbocycles. The Morgan fingerprint density at radius 2 is 1.94 bits per heavy atom. The number of hydrogen-bond donors (Lipinski definition) is 1. The molecule has 0 spiro atoms. The number of nitrogens with one attached hydrogen (secondary N) is 1. The lowest BCUT2D eigenvalue weighted by Gasteiger charge is -2.06. The van der Waals surface area contributed by atoms with Crippen LogP contribution in [0.25, 0.3) is 0 Å². The Balaban J connectivity index is 1.29. The molecule has 7 nitrogen and oxygen atoms in total. The van der Waals surface area contributed by atoms with Gasteiger partial charge in [0, 0.05) is 5.02 Å². The van der Waals surface area contributed by atoms with Crippen molar-refractivity contribution in [3.05, 3.63) is 95.4 Å². The highest BCUT2D eigenvalue weighted by atomic mass is 35.5. The Bertz CT molecular complexity index is 1170. The molecule has 0 aliphatic carbocycles. The molecule has 0 unspecified atom stereocenters. The normalized spacial score (nSPS) is 10.6. The Labute approximate surface area is 182 Å². The maximum Gasteiger partial charge on any atom is 0.291 e. The molecule has 0 saturated heterocycles. The fraction of sp³-hybridized carbons (Fsp3) is 0.0909. The largest absolute Gasteiger partial charge is 0.486 e. The van der Waals surface area contributed by atoms with Gasteiger partial charge in [0.05, 0.1) is 18.1 Å². The number of rotatable bonds is 8. The summed E-state index contributed by atoms with van der Waals surface area (Å²) in [6, 6.07) is 15.8. The molecule has 2 aromatic carbocycles. The molecule has 1 N–H and O–H groups in total. The van der Waals surface area contributed by atoms with Gasteiger partial charge in [-0.05, 0) is 54.6 Å². The number of carbonyl (C=O) groups is 1. The monoisotopic (exact) mass is 441 g/mol. The minimum absolute atomic E-state index is 0.109. The van der Waals surface area contributed by atoms with Gasteiger partial charge in [0.2, 0.25) is 0 Å². The topological polar surface area (TPSA) is 78.5 Å². The van der Waals surface area contributed by atoms with E-state index in [9.17, 15) is 9.18 Å². The van der Waals surface area contributed by atoms with Crippen molar-refractivity contribution in [1.29, 1.82) is 0 Å². The van der Waals surface area contributed by atoms with Gasteiger partial charge in [-0.25, -0.2) is 9.07 Å². The summed E-state index contributed by atoms with van der Waals surface area (Å²) < 4.78 is 31.1. The van der Waals surface area contributed by atoms with Crippen molar-refractivity contribution >= 4 is 23.2 Å². The van der Waals surface area contributed by atoms with Crippen LogP contribution in [0.3, 0.4) is 0 Å². The molecule has 2 aromatic heterocycles. The molecule has 4 rings (SSSR count). The Morgan fingerprint density at radius 3 is 2.74 bits per heavy atom. The first kappa shape index (κ1) is 20.5. The number of ether oxygens (including phenoxy) is 2. The standard InChI is InChI=1S/C22H17ClFN3O4/c23-15-2-1-3-19(10-15)30-14-27-12-17(11-25-27)26-22(28)21-9-8-20(31-21)13-29-18-6-4-16(24)5-7-18/h1-12H,13-14H2,(H,26,28). The lowest BCUT2D eigenvalue weighted by Crippen LogP contribution is -2.10. The number of furan rings is 1. The van der Waals surface area contributed by atoms with E-state index in [0.717, 1.165) is 0 Å². The second kappa shape index (κ2) is 9.36. The third kappa shape index (κ3) is 5.64. The van der Waals surface area contributed by atoms with Crippen molar-refractivity contribution in [3.63, 3.8) is 0 Å². The molecule has 1 amide bonds. The molecular formula is C22H17ClFN3O4. The van der Waals surface area contributed by atoms with Crippen LogP contribution in [0.2, 0.25) is 5.02 Å². The Morgan fingerprint density at radius 1 is 1.10 bits per heavy atom. The molecule has 9 heteroatoms. The van der Waals surface area contributed by atoms with E-state index in [4.69, 9.17) is 25.5 Å². The number of anilines is 1. The van der Waals surface area contributed by atoms with E-state index in [2.05, 4.69) is 10.4 Å². The first-order valence-electron chi connectivity index (χ1n) is 9.24. The maximum absolute atomic E-state index is 12.9. The number of nitrogens with zero attached hydrogens (tertiary/aromatic N) is 2. The fourth-order valence-electron chi connectivity index (χ4n) is 2.65. The van der Waals surface area contributed by atoms with Crippen LogP contribution in [0.15, 0.2) is 77.5 Å². The lowest BCUT2D eigenvalue weighted by molar-refractivity contribution is 0.0992. The van der Waals surface area contributed by atoms with Crippen LogP contribution in [0.5, 0.6) is 11.5 Å². The smallest absolute Gasteiger partial charge is 0.291 e. The Kier molecular flexibility index (Phi) is 6.18. The molecule has 0 aliphatic heterocycles. The first-order valence-corrected chi connectivity index (χ1v) is 9.62. The van der Waals surface area contributed by atoms with E-state index in [0.29, 0.717) is 28.0 Å². The molecule has 4 aromatic rings. The van der Waals surface area contributed by atoms with Crippen LogP contribution in [0.1, 0.15) is 16.3 Å². The second-order valence-electron chi connectivity index (χ2n) is 6.46. The van der Waals surface area contributed by atoms with Gasteiger partial charge in [-0.15, -0.1) is 0 Å². The third-order valence-corrected chi connectivity index (χ3v) is 4.37. The maximum atomic E-state index is 12.9. The lowest BCUT2D eigenvalue weighted by atomic mass is 10.3. The SMILES string of the molecule is O=C(Nc1cnn(COc2cccc(Cl)c2)c1)c1ccc(COc2ccc(F)cc2)o1. The molecule has 158 valence electrons. The average molecular weight is 442 g/mol. The van der Waals surface area contributed by atoms with E-state index >= 15 is 0 Å². The fourth-order valence-corrected chi connectivity index (χ4v) is 2.83. The highest BCUT2D eigenvalue weighted by Crippen LogP contribution is 2.18. The van der Waals surface area contributed by atoms with Gasteiger partial charge in [0.15, 0.2) is 12.5 Å². The second-order valence-corrected chi connectivity index (χ2v) is 6.90. The van der Waals surface area contributed by atoms with Gasteiger partial charge in [0.25, 0.3) is 5.91 Å². The van der Waals surface area contributed by atoms with Crippen LogP contribution in [-0.4, -0.2) is 15.7 Å². The zero-order valence-corrected chi connectivity index (χ0v) is 16.9. The quantitative estimate of drug-likeness (QED) is 0.410.